The zero-order chi connectivity index (χ0) is 14.4. The first kappa shape index (κ1) is 14.0. The second-order valence-electron chi connectivity index (χ2n) is 4.26. The van der Waals surface area contributed by atoms with E-state index in [1.165, 1.54) is 0 Å². The van der Waals surface area contributed by atoms with E-state index in [9.17, 15) is 4.79 Å². The lowest BCUT2D eigenvalue weighted by Gasteiger charge is -2.05. The first-order valence-electron chi connectivity index (χ1n) is 6.53. The van der Waals surface area contributed by atoms with E-state index < -0.39 is 0 Å². The minimum Gasteiger partial charge on any atom is -0.493 e. The summed E-state index contributed by atoms with van der Waals surface area (Å²) in [5, 5.41) is 3.94. The number of benzene rings is 1. The van der Waals surface area contributed by atoms with Crippen molar-refractivity contribution in [2.24, 2.45) is 5.73 Å². The van der Waals surface area contributed by atoms with Crippen LogP contribution in [0.25, 0.3) is 11.4 Å². The Hall–Kier alpha value is -2.37. The highest BCUT2D eigenvalue weighted by atomic mass is 16.5. The molecule has 6 heteroatoms. The number of carbonyl (C=O) groups is 1. The summed E-state index contributed by atoms with van der Waals surface area (Å²) in [5.41, 5.74) is 5.87. The van der Waals surface area contributed by atoms with Crippen molar-refractivity contribution < 1.29 is 14.1 Å². The number of hydrogen-bond acceptors (Lipinski definition) is 5. The highest BCUT2D eigenvalue weighted by molar-refractivity contribution is 5.73. The largest absolute Gasteiger partial charge is 0.493 e. The molecule has 1 aromatic carbocycles. The zero-order valence-corrected chi connectivity index (χ0v) is 11.3. The van der Waals surface area contributed by atoms with Gasteiger partial charge in [0.25, 0.3) is 0 Å². The molecule has 0 aliphatic carbocycles. The van der Waals surface area contributed by atoms with E-state index in [0.29, 0.717) is 37.6 Å². The Kier molecular flexibility index (Phi) is 4.70. The molecule has 20 heavy (non-hydrogen) atoms. The summed E-state index contributed by atoms with van der Waals surface area (Å²) in [7, 11) is 0. The quantitative estimate of drug-likeness (QED) is 0.833. The predicted octanol–water partition coefficient (Wildman–Crippen LogP) is 1.94. The smallest absolute Gasteiger partial charge is 0.226 e. The van der Waals surface area contributed by atoms with Gasteiger partial charge in [0.05, 0.1) is 12.2 Å². The van der Waals surface area contributed by atoms with Crippen molar-refractivity contribution in [2.45, 2.75) is 26.2 Å². The summed E-state index contributed by atoms with van der Waals surface area (Å²) in [4.78, 5) is 15.0. The molecule has 1 aromatic heterocycles. The maximum absolute atomic E-state index is 10.7. The molecule has 0 aliphatic heterocycles. The molecule has 0 radical (unpaired) electrons. The average molecular weight is 275 g/mol. The number of hydrogen-bond donors (Lipinski definition) is 1. The molecule has 0 spiro atoms. The van der Waals surface area contributed by atoms with Crippen molar-refractivity contribution in [3.63, 3.8) is 0 Å². The van der Waals surface area contributed by atoms with Crippen LogP contribution in [0.4, 0.5) is 0 Å². The number of rotatable bonds is 7. The summed E-state index contributed by atoms with van der Waals surface area (Å²) < 4.78 is 10.7. The summed E-state index contributed by atoms with van der Waals surface area (Å²) in [6.45, 7) is 2.49. The second kappa shape index (κ2) is 6.70. The number of amides is 1. The predicted molar refractivity (Wildman–Crippen MR) is 73.0 cm³/mol. The van der Waals surface area contributed by atoms with E-state index in [0.717, 1.165) is 11.3 Å². The van der Waals surface area contributed by atoms with Crippen LogP contribution < -0.4 is 10.5 Å². The number of aryl methyl sites for hydroxylation is 1. The number of para-hydroxylation sites is 1. The third-order valence-corrected chi connectivity index (χ3v) is 2.71. The molecule has 0 saturated heterocycles. The van der Waals surface area contributed by atoms with E-state index in [-0.39, 0.29) is 5.91 Å². The van der Waals surface area contributed by atoms with Gasteiger partial charge in [-0.25, -0.2) is 0 Å². The molecular formula is C14H17N3O3. The van der Waals surface area contributed by atoms with Gasteiger partial charge in [0.15, 0.2) is 0 Å². The first-order chi connectivity index (χ1) is 9.70. The Morgan fingerprint density at radius 2 is 2.20 bits per heavy atom. The third kappa shape index (κ3) is 3.57. The number of primary amides is 1. The van der Waals surface area contributed by atoms with Crippen LogP contribution in [0, 0.1) is 0 Å². The first-order valence-corrected chi connectivity index (χ1v) is 6.53. The number of nitrogens with two attached hydrogens (primary N) is 1. The standard InChI is InChI=1S/C14H17N3O3/c1-2-19-11-7-4-3-6-10(11)14-16-13(20-17-14)9-5-8-12(15)18/h3-4,6-7H,2,5,8-9H2,1H3,(H2,15,18). The van der Waals surface area contributed by atoms with Gasteiger partial charge in [-0.05, 0) is 25.5 Å². The molecule has 0 saturated carbocycles. The van der Waals surface area contributed by atoms with Crippen molar-refractivity contribution in [1.82, 2.24) is 10.1 Å². The Morgan fingerprint density at radius 1 is 1.40 bits per heavy atom. The van der Waals surface area contributed by atoms with Gasteiger partial charge >= 0.3 is 0 Å². The topological polar surface area (TPSA) is 91.2 Å². The molecule has 0 unspecified atom stereocenters. The molecular weight excluding hydrogens is 258 g/mol. The maximum atomic E-state index is 10.7. The average Bonchev–Trinajstić information content (AvgIpc) is 2.88. The molecule has 0 aliphatic rings. The Morgan fingerprint density at radius 3 is 2.95 bits per heavy atom. The number of aromatic nitrogens is 2. The van der Waals surface area contributed by atoms with Crippen LogP contribution in [0.3, 0.4) is 0 Å². The lowest BCUT2D eigenvalue weighted by Crippen LogP contribution is -2.10. The van der Waals surface area contributed by atoms with Gasteiger partial charge < -0.3 is 15.0 Å². The molecule has 2 aromatic rings. The van der Waals surface area contributed by atoms with Crippen LogP contribution in [0.1, 0.15) is 25.7 Å². The highest BCUT2D eigenvalue weighted by Gasteiger charge is 2.13. The van der Waals surface area contributed by atoms with Gasteiger partial charge in [-0.2, -0.15) is 4.98 Å². The maximum Gasteiger partial charge on any atom is 0.226 e. The van der Waals surface area contributed by atoms with Crippen molar-refractivity contribution in [3.8, 4) is 17.1 Å². The van der Waals surface area contributed by atoms with Crippen molar-refractivity contribution >= 4 is 5.91 Å². The Balaban J connectivity index is 2.10. The van der Waals surface area contributed by atoms with Gasteiger partial charge in [0.2, 0.25) is 17.6 Å². The number of carbonyl (C=O) groups excluding carboxylic acids is 1. The van der Waals surface area contributed by atoms with E-state index in [1.807, 2.05) is 31.2 Å². The van der Waals surface area contributed by atoms with E-state index in [1.54, 1.807) is 0 Å². The van der Waals surface area contributed by atoms with Crippen molar-refractivity contribution in [2.75, 3.05) is 6.61 Å². The molecule has 0 fully saturated rings. The lowest BCUT2D eigenvalue weighted by atomic mass is 10.2. The van der Waals surface area contributed by atoms with Crippen LogP contribution in [0.2, 0.25) is 0 Å². The second-order valence-corrected chi connectivity index (χ2v) is 4.26. The van der Waals surface area contributed by atoms with Crippen LogP contribution in [-0.4, -0.2) is 22.7 Å². The van der Waals surface area contributed by atoms with Crippen LogP contribution >= 0.6 is 0 Å². The van der Waals surface area contributed by atoms with Gasteiger partial charge in [-0.15, -0.1) is 0 Å². The summed E-state index contributed by atoms with van der Waals surface area (Å²) in [6, 6.07) is 7.52. The van der Waals surface area contributed by atoms with Gasteiger partial charge in [-0.3, -0.25) is 4.79 Å². The zero-order valence-electron chi connectivity index (χ0n) is 11.3. The van der Waals surface area contributed by atoms with Crippen molar-refractivity contribution in [3.05, 3.63) is 30.2 Å². The molecule has 2 rings (SSSR count). The fourth-order valence-corrected chi connectivity index (χ4v) is 1.81. The number of nitrogens with zero attached hydrogens (tertiary/aromatic N) is 2. The minimum atomic E-state index is -0.327. The normalized spacial score (nSPS) is 10.4. The lowest BCUT2D eigenvalue weighted by molar-refractivity contribution is -0.118. The fraction of sp³-hybridized carbons (Fsp3) is 0.357. The van der Waals surface area contributed by atoms with Crippen LogP contribution in [-0.2, 0) is 11.2 Å². The fourth-order valence-electron chi connectivity index (χ4n) is 1.81. The van der Waals surface area contributed by atoms with Gasteiger partial charge in [0, 0.05) is 12.8 Å². The van der Waals surface area contributed by atoms with E-state index in [4.69, 9.17) is 15.0 Å². The van der Waals surface area contributed by atoms with E-state index >= 15 is 0 Å². The summed E-state index contributed by atoms with van der Waals surface area (Å²) in [5.74, 6) is 1.38. The molecule has 2 N–H and O–H groups in total. The highest BCUT2D eigenvalue weighted by Crippen LogP contribution is 2.27. The SMILES string of the molecule is CCOc1ccccc1-c1noc(CCCC(N)=O)n1. The molecule has 0 bridgehead atoms. The van der Waals surface area contributed by atoms with E-state index in [2.05, 4.69) is 10.1 Å². The molecule has 1 heterocycles. The summed E-state index contributed by atoms with van der Waals surface area (Å²) >= 11 is 0. The van der Waals surface area contributed by atoms with Gasteiger partial charge in [0.1, 0.15) is 5.75 Å². The molecule has 6 nitrogen and oxygen atoms in total. The molecule has 106 valence electrons. The molecule has 1 amide bonds. The third-order valence-electron chi connectivity index (χ3n) is 2.71. The van der Waals surface area contributed by atoms with Crippen molar-refractivity contribution in [1.29, 1.82) is 0 Å². The monoisotopic (exact) mass is 275 g/mol. The minimum absolute atomic E-state index is 0.313. The van der Waals surface area contributed by atoms with Gasteiger partial charge in [-0.1, -0.05) is 17.3 Å². The summed E-state index contributed by atoms with van der Waals surface area (Å²) in [6.07, 6.45) is 1.45. The van der Waals surface area contributed by atoms with Crippen LogP contribution in [0.5, 0.6) is 5.75 Å². The Labute approximate surface area is 116 Å². The molecule has 0 atom stereocenters. The Bertz CT molecular complexity index is 581. The number of ether oxygens (including phenoxy) is 1. The van der Waals surface area contributed by atoms with Crippen LogP contribution in [0.15, 0.2) is 28.8 Å².